The number of likely N-dealkylation sites (tertiary alicyclic amines) is 1. The molecule has 3 N–H and O–H groups in total. The van der Waals surface area contributed by atoms with E-state index in [9.17, 15) is 27.9 Å². The summed E-state index contributed by atoms with van der Waals surface area (Å²) >= 11 is 0. The zero-order valence-electron chi connectivity index (χ0n) is 24.7. The van der Waals surface area contributed by atoms with Crippen LogP contribution in [0, 0.1) is 11.8 Å². The van der Waals surface area contributed by atoms with Crippen LogP contribution in [0.2, 0.25) is 0 Å². The van der Waals surface area contributed by atoms with Gasteiger partial charge in [0.05, 0.1) is 24.7 Å². The Labute approximate surface area is 260 Å². The molecular weight excluding hydrogens is 598 g/mol. The van der Waals surface area contributed by atoms with Gasteiger partial charge in [-0.3, -0.25) is 24.6 Å². The number of nitrogens with one attached hydrogen (secondary N) is 2. The third-order valence-corrected chi connectivity index (χ3v) is 9.67. The molecule has 2 amide bonds. The summed E-state index contributed by atoms with van der Waals surface area (Å²) < 4.78 is 35.9. The number of hydrogen-bond acceptors (Lipinski definition) is 8. The fourth-order valence-corrected chi connectivity index (χ4v) is 7.16. The van der Waals surface area contributed by atoms with Crippen LogP contribution in [0.1, 0.15) is 22.7 Å². The molecule has 3 heterocycles. The normalized spacial score (nSPS) is 23.0. The number of methoxy groups -OCH3 is 1. The first-order chi connectivity index (χ1) is 21.5. The van der Waals surface area contributed by atoms with Gasteiger partial charge in [0.25, 0.3) is 0 Å². The molecule has 3 aromatic carbocycles. The van der Waals surface area contributed by atoms with Gasteiger partial charge in [0, 0.05) is 47.9 Å². The molecule has 0 aliphatic carbocycles. The summed E-state index contributed by atoms with van der Waals surface area (Å²) in [5, 5.41) is 14.9. The first-order valence-electron chi connectivity index (χ1n) is 14.5. The van der Waals surface area contributed by atoms with Crippen LogP contribution >= 0.6 is 0 Å². The molecule has 2 saturated heterocycles. The minimum atomic E-state index is -3.53. The zero-order chi connectivity index (χ0) is 31.9. The Morgan fingerprint density at radius 1 is 1.00 bits per heavy atom. The van der Waals surface area contributed by atoms with Crippen molar-refractivity contribution in [2.24, 2.45) is 11.8 Å². The second-order valence-corrected chi connectivity index (χ2v) is 13.8. The molecule has 0 spiro atoms. The molecule has 6 rings (SSSR count). The molecule has 45 heavy (non-hydrogen) atoms. The van der Waals surface area contributed by atoms with Gasteiger partial charge in [-0.15, -0.1) is 0 Å². The summed E-state index contributed by atoms with van der Waals surface area (Å²) in [6, 6.07) is 21.0. The third-order valence-electron chi connectivity index (χ3n) is 8.75. The number of amides is 2. The zero-order valence-corrected chi connectivity index (χ0v) is 25.5. The summed E-state index contributed by atoms with van der Waals surface area (Å²) in [6.45, 7) is -0.198. The van der Waals surface area contributed by atoms with Gasteiger partial charge in [0.2, 0.25) is 11.8 Å². The van der Waals surface area contributed by atoms with E-state index < -0.39 is 56.8 Å². The Balaban J connectivity index is 1.47. The highest BCUT2D eigenvalue weighted by molar-refractivity contribution is 7.90. The number of aromatic nitrogens is 1. The van der Waals surface area contributed by atoms with Crippen molar-refractivity contribution in [1.82, 2.24) is 15.2 Å². The molecule has 11 nitrogen and oxygen atoms in total. The van der Waals surface area contributed by atoms with Gasteiger partial charge in [-0.1, -0.05) is 60.7 Å². The fourth-order valence-electron chi connectivity index (χ4n) is 6.64. The van der Waals surface area contributed by atoms with Crippen LogP contribution in [0.15, 0.2) is 79.0 Å². The van der Waals surface area contributed by atoms with Crippen molar-refractivity contribution in [3.63, 3.8) is 0 Å². The number of carbonyl (C=O) groups excluding carboxylic acids is 2. The van der Waals surface area contributed by atoms with E-state index in [1.54, 1.807) is 24.4 Å². The Morgan fingerprint density at radius 2 is 1.73 bits per heavy atom. The predicted molar refractivity (Wildman–Crippen MR) is 165 cm³/mol. The van der Waals surface area contributed by atoms with Crippen LogP contribution in [0.5, 0.6) is 11.5 Å². The maximum Gasteiger partial charge on any atom is 0.325 e. The minimum absolute atomic E-state index is 0.118. The van der Waals surface area contributed by atoms with Crippen molar-refractivity contribution < 1.29 is 37.4 Å². The minimum Gasteiger partial charge on any atom is -0.493 e. The third kappa shape index (κ3) is 5.44. The average Bonchev–Trinajstić information content (AvgIpc) is 3.66. The average molecular weight is 632 g/mol. The second kappa shape index (κ2) is 11.7. The Morgan fingerprint density at radius 3 is 2.44 bits per heavy atom. The highest BCUT2D eigenvalue weighted by Crippen LogP contribution is 2.53. The molecule has 0 bridgehead atoms. The summed E-state index contributed by atoms with van der Waals surface area (Å²) in [5.74, 6) is -4.88. The number of ether oxygens (including phenoxy) is 2. The monoisotopic (exact) mass is 631 g/mol. The number of para-hydroxylation sites is 2. The summed E-state index contributed by atoms with van der Waals surface area (Å²) in [5.41, 5.74) is 0.874. The fraction of sp³-hybridized carbons (Fsp3) is 0.303. The SMILES string of the molecule is COc1cccc(C2NC(Cc3c[nH]c4ccccc34)(C(=O)O)C3C(=O)N(CCS(C)(=O)=O)C(=O)C23)c1OCc1ccccc1. The molecule has 12 heteroatoms. The number of hydrogen-bond donors (Lipinski definition) is 3. The topological polar surface area (TPSA) is 155 Å². The van der Waals surface area contributed by atoms with Crippen molar-refractivity contribution in [1.29, 1.82) is 0 Å². The molecule has 1 aromatic heterocycles. The van der Waals surface area contributed by atoms with Crippen LogP contribution in [-0.4, -0.2) is 72.4 Å². The highest BCUT2D eigenvalue weighted by Gasteiger charge is 2.68. The van der Waals surface area contributed by atoms with Crippen molar-refractivity contribution >= 4 is 38.5 Å². The van der Waals surface area contributed by atoms with E-state index in [0.717, 1.165) is 27.6 Å². The number of sulfone groups is 1. The largest absolute Gasteiger partial charge is 0.493 e. The molecule has 234 valence electrons. The van der Waals surface area contributed by atoms with Crippen molar-refractivity contribution in [3.05, 3.63) is 95.7 Å². The molecule has 0 saturated carbocycles. The predicted octanol–water partition coefficient (Wildman–Crippen LogP) is 3.11. The van der Waals surface area contributed by atoms with Crippen molar-refractivity contribution in [3.8, 4) is 11.5 Å². The Hall–Kier alpha value is -4.68. The standard InChI is InChI=1S/C33H33N3O8S/c1-43-25-14-8-12-23(29(25)44-19-20-9-4-3-5-10-20)28-26-27(31(38)36(30(26)37)15-16-45(2,41)42)33(35-28,32(39)40)17-21-18-34-24-13-7-6-11-22(21)24/h3-14,18,26-28,34-35H,15-17,19H2,1-2H3,(H,39,40). The number of H-pyrrole nitrogens is 1. The maximum absolute atomic E-state index is 14.1. The number of benzene rings is 3. The van der Waals surface area contributed by atoms with E-state index >= 15 is 0 Å². The molecule has 2 aliphatic rings. The number of imide groups is 1. The second-order valence-electron chi connectivity index (χ2n) is 11.5. The number of aromatic amines is 1. The molecule has 0 radical (unpaired) electrons. The number of carboxylic acids is 1. The molecule has 4 atom stereocenters. The Bertz CT molecular complexity index is 1890. The number of carbonyl (C=O) groups is 3. The lowest BCUT2D eigenvalue weighted by atomic mass is 9.76. The lowest BCUT2D eigenvalue weighted by Crippen LogP contribution is -2.57. The first-order valence-corrected chi connectivity index (χ1v) is 16.5. The highest BCUT2D eigenvalue weighted by atomic mass is 32.2. The van der Waals surface area contributed by atoms with Gasteiger partial charge >= 0.3 is 5.97 Å². The van der Waals surface area contributed by atoms with Crippen LogP contribution in [-0.2, 0) is 37.2 Å². The van der Waals surface area contributed by atoms with E-state index in [1.807, 2.05) is 54.6 Å². The maximum atomic E-state index is 14.1. The van der Waals surface area contributed by atoms with E-state index in [2.05, 4.69) is 10.3 Å². The van der Waals surface area contributed by atoms with E-state index in [1.165, 1.54) is 7.11 Å². The number of carboxylic acid groups (broad SMARTS) is 1. The number of rotatable bonds is 11. The smallest absolute Gasteiger partial charge is 0.325 e. The lowest BCUT2D eigenvalue weighted by Gasteiger charge is -2.31. The molecule has 2 fully saturated rings. The summed E-state index contributed by atoms with van der Waals surface area (Å²) in [7, 11) is -2.05. The van der Waals surface area contributed by atoms with Gasteiger partial charge in [-0.2, -0.15) is 0 Å². The van der Waals surface area contributed by atoms with E-state index in [-0.39, 0.29) is 19.6 Å². The summed E-state index contributed by atoms with van der Waals surface area (Å²) in [6.07, 6.45) is 2.61. The summed E-state index contributed by atoms with van der Waals surface area (Å²) in [4.78, 5) is 45.6. The van der Waals surface area contributed by atoms with Crippen LogP contribution in [0.3, 0.4) is 0 Å². The van der Waals surface area contributed by atoms with Crippen LogP contribution in [0.25, 0.3) is 10.9 Å². The molecule has 4 unspecified atom stereocenters. The van der Waals surface area contributed by atoms with E-state index in [0.29, 0.717) is 22.6 Å². The Kier molecular flexibility index (Phi) is 7.88. The van der Waals surface area contributed by atoms with Gasteiger partial charge in [-0.05, 0) is 23.3 Å². The number of fused-ring (bicyclic) bond motifs is 2. The van der Waals surface area contributed by atoms with Gasteiger partial charge in [-0.25, -0.2) is 8.42 Å². The molecule has 2 aliphatic heterocycles. The van der Waals surface area contributed by atoms with Crippen molar-refractivity contribution in [2.75, 3.05) is 25.7 Å². The van der Waals surface area contributed by atoms with Crippen molar-refractivity contribution in [2.45, 2.75) is 24.6 Å². The van der Waals surface area contributed by atoms with Gasteiger partial charge in [0.1, 0.15) is 22.0 Å². The molecule has 4 aromatic rings. The van der Waals surface area contributed by atoms with Gasteiger partial charge in [0.15, 0.2) is 11.5 Å². The van der Waals surface area contributed by atoms with Gasteiger partial charge < -0.3 is 19.6 Å². The van der Waals surface area contributed by atoms with E-state index in [4.69, 9.17) is 9.47 Å². The van der Waals surface area contributed by atoms with Crippen LogP contribution in [0.4, 0.5) is 0 Å². The quantitative estimate of drug-likeness (QED) is 0.212. The van der Waals surface area contributed by atoms with Crippen LogP contribution < -0.4 is 14.8 Å². The number of aliphatic carboxylic acids is 1. The lowest BCUT2D eigenvalue weighted by molar-refractivity contribution is -0.151. The first kappa shape index (κ1) is 30.4. The number of nitrogens with zero attached hydrogens (tertiary/aromatic N) is 1. The molecular formula is C33H33N3O8S.